The predicted octanol–water partition coefficient (Wildman–Crippen LogP) is 0.617. The second-order valence-electron chi connectivity index (χ2n) is 4.42. The Bertz CT molecular complexity index is 554. The number of benzene rings is 1. The number of carbonyl (C=O) groups excluding carboxylic acids is 1. The molecular weight excluding hydrogens is 272 g/mol. The first-order valence-electron chi connectivity index (χ1n) is 5.45. The number of amides is 1. The van der Waals surface area contributed by atoms with Crippen LogP contribution in [0.2, 0.25) is 0 Å². The van der Waals surface area contributed by atoms with Crippen LogP contribution in [0.1, 0.15) is 6.42 Å². The van der Waals surface area contributed by atoms with Crippen LogP contribution >= 0.6 is 12.6 Å². The van der Waals surface area contributed by atoms with Crippen molar-refractivity contribution in [2.75, 3.05) is 17.2 Å². The molecular formula is C11H14N2O3S2. The molecule has 1 aromatic rings. The fraction of sp³-hybridized carbons (Fsp3) is 0.364. The van der Waals surface area contributed by atoms with Gasteiger partial charge in [0.15, 0.2) is 0 Å². The van der Waals surface area contributed by atoms with E-state index in [1.54, 1.807) is 29.2 Å². The highest BCUT2D eigenvalue weighted by Gasteiger charge is 2.32. The Hall–Kier alpha value is -1.05. The monoisotopic (exact) mass is 286 g/mol. The van der Waals surface area contributed by atoms with Gasteiger partial charge in [-0.3, -0.25) is 4.79 Å². The van der Waals surface area contributed by atoms with Crippen molar-refractivity contribution in [2.24, 2.45) is 11.1 Å². The number of primary sulfonamides is 1. The van der Waals surface area contributed by atoms with Gasteiger partial charge in [-0.25, -0.2) is 13.6 Å². The lowest BCUT2D eigenvalue weighted by atomic mass is 10.1. The van der Waals surface area contributed by atoms with Gasteiger partial charge in [-0.05, 0) is 24.3 Å². The standard InChI is InChI=1S/C11H14N2O3S2/c12-18(15,16)7-8-5-11(14)13(6-8)9-1-3-10(17)4-2-9/h1-4,8,17H,5-7H2,(H2,12,15,16). The van der Waals surface area contributed by atoms with Gasteiger partial charge in [0.25, 0.3) is 0 Å². The second-order valence-corrected chi connectivity index (χ2v) is 6.60. The normalized spacial score (nSPS) is 20.4. The average molecular weight is 286 g/mol. The molecule has 1 atom stereocenters. The molecule has 1 unspecified atom stereocenters. The van der Waals surface area contributed by atoms with Crippen molar-refractivity contribution in [2.45, 2.75) is 11.3 Å². The van der Waals surface area contributed by atoms with Gasteiger partial charge in [0.1, 0.15) is 0 Å². The van der Waals surface area contributed by atoms with Crippen LogP contribution < -0.4 is 10.0 Å². The number of anilines is 1. The van der Waals surface area contributed by atoms with Crippen molar-refractivity contribution in [3.63, 3.8) is 0 Å². The average Bonchev–Trinajstić information content (AvgIpc) is 2.58. The fourth-order valence-corrected chi connectivity index (χ4v) is 3.13. The summed E-state index contributed by atoms with van der Waals surface area (Å²) < 4.78 is 22.0. The highest BCUT2D eigenvalue weighted by molar-refractivity contribution is 7.89. The Balaban J connectivity index is 2.12. The van der Waals surface area contributed by atoms with Crippen LogP contribution in [-0.2, 0) is 14.8 Å². The van der Waals surface area contributed by atoms with Crippen LogP contribution in [0.5, 0.6) is 0 Å². The molecule has 0 saturated carbocycles. The zero-order valence-electron chi connectivity index (χ0n) is 9.61. The van der Waals surface area contributed by atoms with Gasteiger partial charge in [-0.1, -0.05) is 0 Å². The van der Waals surface area contributed by atoms with Crippen molar-refractivity contribution in [1.29, 1.82) is 0 Å². The van der Waals surface area contributed by atoms with Gasteiger partial charge in [0.2, 0.25) is 15.9 Å². The van der Waals surface area contributed by atoms with Gasteiger partial charge in [-0.15, -0.1) is 12.6 Å². The molecule has 0 aromatic heterocycles. The van der Waals surface area contributed by atoms with E-state index in [-0.39, 0.29) is 24.0 Å². The third-order valence-corrected chi connectivity index (χ3v) is 4.07. The first-order chi connectivity index (χ1) is 8.35. The van der Waals surface area contributed by atoms with Gasteiger partial charge < -0.3 is 4.90 Å². The number of sulfonamides is 1. The largest absolute Gasteiger partial charge is 0.312 e. The zero-order valence-corrected chi connectivity index (χ0v) is 11.3. The summed E-state index contributed by atoms with van der Waals surface area (Å²) in [7, 11) is -3.53. The minimum Gasteiger partial charge on any atom is -0.312 e. The van der Waals surface area contributed by atoms with Crippen molar-refractivity contribution in [1.82, 2.24) is 0 Å². The maximum absolute atomic E-state index is 11.8. The number of nitrogens with two attached hydrogens (primary N) is 1. The van der Waals surface area contributed by atoms with E-state index in [9.17, 15) is 13.2 Å². The Kier molecular flexibility index (Phi) is 3.65. The van der Waals surface area contributed by atoms with Gasteiger partial charge in [0.05, 0.1) is 5.75 Å². The van der Waals surface area contributed by atoms with E-state index in [2.05, 4.69) is 12.6 Å². The number of hydrogen-bond acceptors (Lipinski definition) is 4. The van der Waals surface area contributed by atoms with Crippen LogP contribution in [0.3, 0.4) is 0 Å². The lowest BCUT2D eigenvalue weighted by Gasteiger charge is -2.16. The molecule has 2 N–H and O–H groups in total. The van der Waals surface area contributed by atoms with Gasteiger partial charge in [0, 0.05) is 29.5 Å². The SMILES string of the molecule is NS(=O)(=O)CC1CC(=O)N(c2ccc(S)cc2)C1. The topological polar surface area (TPSA) is 80.5 Å². The Morgan fingerprint density at radius 1 is 1.33 bits per heavy atom. The van der Waals surface area contributed by atoms with E-state index < -0.39 is 10.0 Å². The highest BCUT2D eigenvalue weighted by atomic mass is 32.2. The van der Waals surface area contributed by atoms with Crippen LogP contribution in [0, 0.1) is 5.92 Å². The molecule has 2 rings (SSSR count). The van der Waals surface area contributed by atoms with Crippen LogP contribution in [0.25, 0.3) is 0 Å². The highest BCUT2D eigenvalue weighted by Crippen LogP contribution is 2.26. The summed E-state index contributed by atoms with van der Waals surface area (Å²) in [4.78, 5) is 14.2. The predicted molar refractivity (Wildman–Crippen MR) is 72.1 cm³/mol. The second kappa shape index (κ2) is 4.91. The summed E-state index contributed by atoms with van der Waals surface area (Å²) in [6, 6.07) is 7.16. The van der Waals surface area contributed by atoms with Crippen molar-refractivity contribution >= 4 is 34.2 Å². The van der Waals surface area contributed by atoms with Gasteiger partial charge >= 0.3 is 0 Å². The molecule has 1 saturated heterocycles. The minimum absolute atomic E-state index is 0.0736. The number of carbonyl (C=O) groups is 1. The minimum atomic E-state index is -3.53. The van der Waals surface area contributed by atoms with Crippen LogP contribution in [0.4, 0.5) is 5.69 Å². The quantitative estimate of drug-likeness (QED) is 0.799. The maximum atomic E-state index is 11.8. The number of nitrogens with zero attached hydrogens (tertiary/aromatic N) is 1. The molecule has 98 valence electrons. The lowest BCUT2D eigenvalue weighted by Crippen LogP contribution is -2.27. The van der Waals surface area contributed by atoms with Crippen molar-refractivity contribution in [3.05, 3.63) is 24.3 Å². The number of hydrogen-bond donors (Lipinski definition) is 2. The van der Waals surface area contributed by atoms with E-state index in [1.165, 1.54) is 0 Å². The van der Waals surface area contributed by atoms with Crippen molar-refractivity contribution < 1.29 is 13.2 Å². The summed E-state index contributed by atoms with van der Waals surface area (Å²) >= 11 is 4.17. The van der Waals surface area contributed by atoms with E-state index in [0.717, 1.165) is 10.6 Å². The summed E-state index contributed by atoms with van der Waals surface area (Å²) in [5.74, 6) is -0.460. The molecule has 7 heteroatoms. The lowest BCUT2D eigenvalue weighted by molar-refractivity contribution is -0.117. The van der Waals surface area contributed by atoms with E-state index in [1.807, 2.05) is 0 Å². The molecule has 1 heterocycles. The molecule has 18 heavy (non-hydrogen) atoms. The third kappa shape index (κ3) is 3.24. The third-order valence-electron chi connectivity index (χ3n) is 2.83. The molecule has 5 nitrogen and oxygen atoms in total. The summed E-state index contributed by atoms with van der Waals surface area (Å²) in [5, 5.41) is 5.00. The van der Waals surface area contributed by atoms with Crippen LogP contribution in [-0.4, -0.2) is 26.6 Å². The number of rotatable bonds is 3. The maximum Gasteiger partial charge on any atom is 0.227 e. The fourth-order valence-electron chi connectivity index (χ4n) is 2.10. The molecule has 1 aliphatic heterocycles. The first-order valence-corrected chi connectivity index (χ1v) is 7.61. The summed E-state index contributed by atoms with van der Waals surface area (Å²) in [6.45, 7) is 0.390. The van der Waals surface area contributed by atoms with E-state index in [4.69, 9.17) is 5.14 Å². The Labute approximate surface area is 111 Å². The summed E-state index contributed by atoms with van der Waals surface area (Å²) in [6.07, 6.45) is 0.221. The smallest absolute Gasteiger partial charge is 0.227 e. The molecule has 1 aliphatic rings. The molecule has 1 aromatic carbocycles. The molecule has 0 bridgehead atoms. The molecule has 1 fully saturated rings. The molecule has 0 aliphatic carbocycles. The molecule has 1 amide bonds. The zero-order chi connectivity index (χ0) is 13.3. The van der Waals surface area contributed by atoms with Gasteiger partial charge in [-0.2, -0.15) is 0 Å². The van der Waals surface area contributed by atoms with E-state index >= 15 is 0 Å². The first kappa shape index (κ1) is 13.4. The van der Waals surface area contributed by atoms with Crippen molar-refractivity contribution in [3.8, 4) is 0 Å². The Morgan fingerprint density at radius 3 is 2.50 bits per heavy atom. The Morgan fingerprint density at radius 2 is 1.94 bits per heavy atom. The molecule has 0 spiro atoms. The summed E-state index contributed by atoms with van der Waals surface area (Å²) in [5.41, 5.74) is 0.759. The van der Waals surface area contributed by atoms with E-state index in [0.29, 0.717) is 6.54 Å². The molecule has 0 radical (unpaired) electrons. The van der Waals surface area contributed by atoms with Crippen LogP contribution in [0.15, 0.2) is 29.2 Å². The number of thiol groups is 1.